The zero-order chi connectivity index (χ0) is 25.9. The van der Waals surface area contributed by atoms with Crippen molar-refractivity contribution in [2.45, 2.75) is 25.2 Å². The van der Waals surface area contributed by atoms with E-state index in [1.54, 1.807) is 30.3 Å². The van der Waals surface area contributed by atoms with Crippen LogP contribution in [0.15, 0.2) is 60.0 Å². The van der Waals surface area contributed by atoms with Gasteiger partial charge < -0.3 is 20.3 Å². The Morgan fingerprint density at radius 2 is 2.14 bits per heavy atom. The molecule has 1 fully saturated rings. The summed E-state index contributed by atoms with van der Waals surface area (Å²) in [6, 6.07) is 14.6. The van der Waals surface area contributed by atoms with Crippen molar-refractivity contribution in [2.75, 3.05) is 11.9 Å². The first-order chi connectivity index (χ1) is 17.9. The molecule has 2 aromatic carbocycles. The van der Waals surface area contributed by atoms with Crippen LogP contribution in [0.25, 0.3) is 10.1 Å². The van der Waals surface area contributed by atoms with E-state index in [1.165, 1.54) is 23.5 Å². The second kappa shape index (κ2) is 10.6. The van der Waals surface area contributed by atoms with Gasteiger partial charge in [-0.05, 0) is 59.3 Å². The average Bonchev–Trinajstić information content (AvgIpc) is 3.49. The smallest absolute Gasteiger partial charge is 0.408 e. The number of carboxylic acid groups (broad SMARTS) is 1. The SMILES string of the molecule is O=C(O)N1C[C@H](O)C[C@@H]1C#Cc1cc2sccc2c(Nc2ccc(OCc3cccc(F)c3)c(Cl)c2)n1. The number of likely N-dealkylation sites (tertiary alicyclic amines) is 1. The minimum absolute atomic E-state index is 0.0432. The van der Waals surface area contributed by atoms with E-state index >= 15 is 0 Å². The molecule has 3 heterocycles. The number of halogens is 2. The number of nitrogens with zero attached hydrogens (tertiary/aromatic N) is 2. The number of rotatable bonds is 5. The molecule has 2 atom stereocenters. The molecule has 5 rings (SSSR count). The van der Waals surface area contributed by atoms with Crippen molar-refractivity contribution in [2.24, 2.45) is 0 Å². The standard InChI is InChI=1S/C27H21ClFN3O4S/c28-23-11-18(5-7-24(23)36-15-16-2-1-3-17(29)10-16)30-26-22-8-9-37-25(22)12-19(31-26)4-6-20-13-21(33)14-32(20)27(34)35/h1-3,5,7-12,20-21,33H,13-15H2,(H,30,31)(H,34,35)/t20-,21+/m0/s1. The van der Waals surface area contributed by atoms with Crippen LogP contribution in [0.3, 0.4) is 0 Å². The molecule has 4 aromatic rings. The topological polar surface area (TPSA) is 94.9 Å². The van der Waals surface area contributed by atoms with Crippen molar-refractivity contribution >= 4 is 50.6 Å². The van der Waals surface area contributed by atoms with Crippen LogP contribution in [0.4, 0.5) is 20.7 Å². The van der Waals surface area contributed by atoms with Gasteiger partial charge in [-0.2, -0.15) is 0 Å². The lowest BCUT2D eigenvalue weighted by Gasteiger charge is -2.15. The highest BCUT2D eigenvalue weighted by Crippen LogP contribution is 2.33. The van der Waals surface area contributed by atoms with Crippen molar-refractivity contribution in [1.29, 1.82) is 0 Å². The molecule has 1 aliphatic rings. The van der Waals surface area contributed by atoms with E-state index in [9.17, 15) is 19.4 Å². The number of thiophene rings is 1. The molecule has 1 amide bonds. The number of β-amino-alcohol motifs (C(OH)–C–C–N with tert-alkyl or cyclic N) is 1. The number of hydrogen-bond donors (Lipinski definition) is 3. The van der Waals surface area contributed by atoms with Gasteiger partial charge in [-0.1, -0.05) is 29.7 Å². The van der Waals surface area contributed by atoms with Gasteiger partial charge in [0.15, 0.2) is 0 Å². The molecule has 10 heteroatoms. The van der Waals surface area contributed by atoms with E-state index in [4.69, 9.17) is 16.3 Å². The van der Waals surface area contributed by atoms with E-state index in [-0.39, 0.29) is 25.4 Å². The molecule has 2 aromatic heterocycles. The molecule has 3 N–H and O–H groups in total. The summed E-state index contributed by atoms with van der Waals surface area (Å²) >= 11 is 7.98. The van der Waals surface area contributed by atoms with Crippen LogP contribution in [0, 0.1) is 17.7 Å². The van der Waals surface area contributed by atoms with Crippen LogP contribution in [-0.2, 0) is 6.61 Å². The molecule has 0 saturated carbocycles. The van der Waals surface area contributed by atoms with E-state index in [1.807, 2.05) is 17.5 Å². The maximum Gasteiger partial charge on any atom is 0.408 e. The number of pyridine rings is 1. The van der Waals surface area contributed by atoms with Gasteiger partial charge in [0.1, 0.15) is 29.7 Å². The van der Waals surface area contributed by atoms with Crippen LogP contribution in [0.2, 0.25) is 5.02 Å². The number of aliphatic hydroxyl groups is 1. The highest BCUT2D eigenvalue weighted by Gasteiger charge is 2.33. The minimum Gasteiger partial charge on any atom is -0.487 e. The molecular weight excluding hydrogens is 517 g/mol. The number of carbonyl (C=O) groups is 1. The van der Waals surface area contributed by atoms with Gasteiger partial charge in [-0.3, -0.25) is 4.90 Å². The summed E-state index contributed by atoms with van der Waals surface area (Å²) in [7, 11) is 0. The summed E-state index contributed by atoms with van der Waals surface area (Å²) in [5, 5.41) is 25.7. The molecule has 7 nitrogen and oxygen atoms in total. The number of anilines is 2. The van der Waals surface area contributed by atoms with Crippen molar-refractivity contribution in [3.05, 3.63) is 82.1 Å². The highest BCUT2D eigenvalue weighted by molar-refractivity contribution is 7.17. The fraction of sp³-hybridized carbons (Fsp3) is 0.185. The van der Waals surface area contributed by atoms with Crippen molar-refractivity contribution in [3.8, 4) is 17.6 Å². The maximum atomic E-state index is 13.4. The number of ether oxygens (including phenoxy) is 1. The third kappa shape index (κ3) is 5.78. The third-order valence-electron chi connectivity index (χ3n) is 5.82. The summed E-state index contributed by atoms with van der Waals surface area (Å²) in [6.07, 6.45) is -1.58. The van der Waals surface area contributed by atoms with Gasteiger partial charge >= 0.3 is 6.09 Å². The molecule has 1 aliphatic heterocycles. The van der Waals surface area contributed by atoms with Crippen LogP contribution >= 0.6 is 22.9 Å². The molecule has 1 saturated heterocycles. The summed E-state index contributed by atoms with van der Waals surface area (Å²) in [5.41, 5.74) is 1.85. The predicted octanol–water partition coefficient (Wildman–Crippen LogP) is 5.88. The second-order valence-corrected chi connectivity index (χ2v) is 9.84. The molecule has 0 aliphatic carbocycles. The number of benzene rings is 2. The molecule has 0 radical (unpaired) electrons. The third-order valence-corrected chi connectivity index (χ3v) is 6.98. The van der Waals surface area contributed by atoms with Crippen LogP contribution in [-0.4, -0.2) is 44.9 Å². The Morgan fingerprint density at radius 3 is 2.92 bits per heavy atom. The fourth-order valence-corrected chi connectivity index (χ4v) is 5.12. The Kier molecular flexibility index (Phi) is 7.15. The van der Waals surface area contributed by atoms with Gasteiger partial charge in [0, 0.05) is 22.2 Å². The summed E-state index contributed by atoms with van der Waals surface area (Å²) in [4.78, 5) is 17.2. The Labute approximate surface area is 221 Å². The summed E-state index contributed by atoms with van der Waals surface area (Å²) < 4.78 is 20.1. The van der Waals surface area contributed by atoms with E-state index in [0.29, 0.717) is 33.5 Å². The first-order valence-corrected chi connectivity index (χ1v) is 12.6. The van der Waals surface area contributed by atoms with Crippen LogP contribution in [0.5, 0.6) is 5.75 Å². The van der Waals surface area contributed by atoms with E-state index in [2.05, 4.69) is 22.1 Å². The van der Waals surface area contributed by atoms with Crippen molar-refractivity contribution < 1.29 is 24.1 Å². The van der Waals surface area contributed by atoms with Crippen molar-refractivity contribution in [3.63, 3.8) is 0 Å². The normalized spacial score (nSPS) is 16.9. The lowest BCUT2D eigenvalue weighted by atomic mass is 10.2. The Morgan fingerprint density at radius 1 is 1.27 bits per heavy atom. The monoisotopic (exact) mass is 537 g/mol. The zero-order valence-corrected chi connectivity index (χ0v) is 20.9. The molecule has 188 valence electrons. The average molecular weight is 538 g/mol. The number of hydrogen-bond acceptors (Lipinski definition) is 6. The van der Waals surface area contributed by atoms with Crippen molar-refractivity contribution in [1.82, 2.24) is 9.88 Å². The van der Waals surface area contributed by atoms with Crippen LogP contribution in [0.1, 0.15) is 17.7 Å². The zero-order valence-electron chi connectivity index (χ0n) is 19.3. The lowest BCUT2D eigenvalue weighted by molar-refractivity contribution is 0.136. The van der Waals surface area contributed by atoms with Gasteiger partial charge in [-0.25, -0.2) is 14.2 Å². The first-order valence-electron chi connectivity index (χ1n) is 11.4. The molecule has 37 heavy (non-hydrogen) atoms. The highest BCUT2D eigenvalue weighted by atomic mass is 35.5. The Balaban J connectivity index is 1.35. The summed E-state index contributed by atoms with van der Waals surface area (Å²) in [6.45, 7) is 0.223. The van der Waals surface area contributed by atoms with E-state index < -0.39 is 18.2 Å². The number of amides is 1. The number of aliphatic hydroxyl groups excluding tert-OH is 1. The summed E-state index contributed by atoms with van der Waals surface area (Å²) in [5.74, 6) is 6.63. The van der Waals surface area contributed by atoms with Crippen LogP contribution < -0.4 is 10.1 Å². The predicted molar refractivity (Wildman–Crippen MR) is 141 cm³/mol. The Bertz CT molecular complexity index is 1530. The lowest BCUT2D eigenvalue weighted by Crippen LogP contribution is -2.33. The van der Waals surface area contributed by atoms with Gasteiger partial charge in [-0.15, -0.1) is 11.3 Å². The van der Waals surface area contributed by atoms with E-state index in [0.717, 1.165) is 15.0 Å². The first kappa shape index (κ1) is 24.8. The fourth-order valence-electron chi connectivity index (χ4n) is 4.06. The number of fused-ring (bicyclic) bond motifs is 1. The maximum absolute atomic E-state index is 13.4. The molecular formula is C27H21ClFN3O4S. The molecule has 0 unspecified atom stereocenters. The van der Waals surface area contributed by atoms with Gasteiger partial charge in [0.25, 0.3) is 0 Å². The quantitative estimate of drug-likeness (QED) is 0.275. The van der Waals surface area contributed by atoms with Gasteiger partial charge in [0.05, 0.1) is 23.7 Å². The molecule has 0 bridgehead atoms. The number of aromatic nitrogens is 1. The Hall–Kier alpha value is -3.84. The molecule has 0 spiro atoms. The second-order valence-electron chi connectivity index (χ2n) is 8.49. The van der Waals surface area contributed by atoms with Gasteiger partial charge in [0.2, 0.25) is 0 Å². The number of nitrogens with one attached hydrogen (secondary N) is 1. The largest absolute Gasteiger partial charge is 0.487 e. The minimum atomic E-state index is -1.11.